The normalized spacial score (nSPS) is 22.6. The summed E-state index contributed by atoms with van der Waals surface area (Å²) in [6.07, 6.45) is 3.31. The van der Waals surface area contributed by atoms with Gasteiger partial charge in [-0.15, -0.1) is 0 Å². The molecule has 4 heteroatoms. The summed E-state index contributed by atoms with van der Waals surface area (Å²) >= 11 is 0. The number of aromatic hydroxyl groups is 3. The molecule has 1 atom stereocenters. The average molecular weight is 248 g/mol. The first-order valence-corrected chi connectivity index (χ1v) is 6.26. The Labute approximate surface area is 105 Å². The predicted octanol–water partition coefficient (Wildman–Crippen LogP) is 2.05. The van der Waals surface area contributed by atoms with E-state index in [-0.39, 0.29) is 11.5 Å². The third kappa shape index (κ3) is 1.49. The summed E-state index contributed by atoms with van der Waals surface area (Å²) in [6, 6.07) is 1.49. The molecule has 1 aromatic carbocycles. The predicted molar refractivity (Wildman–Crippen MR) is 66.5 cm³/mol. The molecule has 0 aliphatic heterocycles. The van der Waals surface area contributed by atoms with Gasteiger partial charge in [-0.2, -0.15) is 0 Å². The summed E-state index contributed by atoms with van der Waals surface area (Å²) in [6.45, 7) is 0. The van der Waals surface area contributed by atoms with Gasteiger partial charge in [0.2, 0.25) is 5.75 Å². The highest BCUT2D eigenvalue weighted by molar-refractivity contribution is 5.81. The number of hydrogen-bond acceptors (Lipinski definition) is 4. The van der Waals surface area contributed by atoms with Crippen molar-refractivity contribution in [2.75, 3.05) is 0 Å². The third-order valence-electron chi connectivity index (χ3n) is 3.99. The van der Waals surface area contributed by atoms with Crippen LogP contribution in [0.15, 0.2) is 11.6 Å². The van der Waals surface area contributed by atoms with Crippen molar-refractivity contribution < 1.29 is 20.4 Å². The number of phenolic OH excluding ortho intramolecular Hbond substituents is 3. The van der Waals surface area contributed by atoms with Gasteiger partial charge in [-0.05, 0) is 54.9 Å². The van der Waals surface area contributed by atoms with Crippen LogP contribution in [0.25, 0.3) is 5.57 Å². The molecule has 0 bridgehead atoms. The van der Waals surface area contributed by atoms with Crippen LogP contribution in [0.4, 0.5) is 0 Å². The molecule has 4 nitrogen and oxygen atoms in total. The van der Waals surface area contributed by atoms with Crippen LogP contribution in [-0.2, 0) is 6.42 Å². The van der Waals surface area contributed by atoms with Crippen LogP contribution in [0.1, 0.15) is 36.8 Å². The van der Waals surface area contributed by atoms with Crippen molar-refractivity contribution in [1.82, 2.24) is 0 Å². The molecule has 4 N–H and O–H groups in total. The minimum absolute atomic E-state index is 0.256. The van der Waals surface area contributed by atoms with E-state index in [4.69, 9.17) is 0 Å². The first-order valence-electron chi connectivity index (χ1n) is 6.26. The molecule has 0 fully saturated rings. The maximum Gasteiger partial charge on any atom is 0.200 e. The molecule has 18 heavy (non-hydrogen) atoms. The highest BCUT2D eigenvalue weighted by atomic mass is 16.3. The van der Waals surface area contributed by atoms with E-state index in [9.17, 15) is 20.4 Å². The molecular formula is C14H16O4. The lowest BCUT2D eigenvalue weighted by Gasteiger charge is -2.13. The molecule has 2 aliphatic carbocycles. The fourth-order valence-electron chi connectivity index (χ4n) is 3.12. The fraction of sp³-hybridized carbons (Fsp3) is 0.429. The molecule has 1 aromatic rings. The Balaban J connectivity index is 2.27. The zero-order chi connectivity index (χ0) is 12.9. The first-order chi connectivity index (χ1) is 8.59. The van der Waals surface area contributed by atoms with Crippen molar-refractivity contribution in [3.8, 4) is 17.2 Å². The van der Waals surface area contributed by atoms with Gasteiger partial charge in [0.05, 0.1) is 6.10 Å². The van der Waals surface area contributed by atoms with E-state index in [0.717, 1.165) is 36.0 Å². The van der Waals surface area contributed by atoms with Crippen LogP contribution >= 0.6 is 0 Å². The number of aryl methyl sites for hydroxylation is 1. The topological polar surface area (TPSA) is 80.9 Å². The van der Waals surface area contributed by atoms with Crippen molar-refractivity contribution in [3.63, 3.8) is 0 Å². The van der Waals surface area contributed by atoms with E-state index in [1.807, 2.05) is 0 Å². The SMILES string of the molecule is Oc1cc2c(c(O)c1O)C1=C(CCC1)C(O)CC2. The Morgan fingerprint density at radius 3 is 2.56 bits per heavy atom. The van der Waals surface area contributed by atoms with Crippen molar-refractivity contribution in [3.05, 3.63) is 22.8 Å². The van der Waals surface area contributed by atoms with Crippen LogP contribution in [0.3, 0.4) is 0 Å². The number of fused-ring (bicyclic) bond motifs is 2. The molecule has 0 saturated heterocycles. The molecule has 0 heterocycles. The second kappa shape index (κ2) is 3.92. The monoisotopic (exact) mass is 248 g/mol. The number of phenols is 3. The minimum Gasteiger partial charge on any atom is -0.504 e. The molecule has 0 radical (unpaired) electrons. The third-order valence-corrected chi connectivity index (χ3v) is 3.99. The molecular weight excluding hydrogens is 232 g/mol. The second-order valence-corrected chi connectivity index (χ2v) is 5.04. The summed E-state index contributed by atoms with van der Waals surface area (Å²) < 4.78 is 0. The Kier molecular flexibility index (Phi) is 2.48. The Bertz CT molecular complexity index is 545. The quantitative estimate of drug-likeness (QED) is 0.530. The standard InChI is InChI=1S/C14H16O4/c15-10-5-4-7-6-11(16)13(17)14(18)12(7)9-3-1-2-8(9)10/h6,10,15-18H,1-5H2. The summed E-state index contributed by atoms with van der Waals surface area (Å²) in [7, 11) is 0. The van der Waals surface area contributed by atoms with Gasteiger partial charge < -0.3 is 20.4 Å². The Morgan fingerprint density at radius 2 is 1.78 bits per heavy atom. The molecule has 0 aromatic heterocycles. The number of rotatable bonds is 0. The van der Waals surface area contributed by atoms with Gasteiger partial charge in [0.1, 0.15) is 0 Å². The maximum absolute atomic E-state index is 10.1. The highest BCUT2D eigenvalue weighted by Crippen LogP contribution is 2.49. The van der Waals surface area contributed by atoms with E-state index in [1.54, 1.807) is 0 Å². The van der Waals surface area contributed by atoms with Gasteiger partial charge in [-0.1, -0.05) is 0 Å². The van der Waals surface area contributed by atoms with E-state index in [0.29, 0.717) is 18.4 Å². The number of aliphatic hydroxyl groups excluding tert-OH is 1. The first kappa shape index (κ1) is 11.4. The molecule has 3 rings (SSSR count). The minimum atomic E-state index is -0.474. The molecule has 0 amide bonds. The number of allylic oxidation sites excluding steroid dienone is 1. The van der Waals surface area contributed by atoms with Gasteiger partial charge >= 0.3 is 0 Å². The van der Waals surface area contributed by atoms with Crippen LogP contribution in [0.5, 0.6) is 17.2 Å². The molecule has 1 unspecified atom stereocenters. The lowest BCUT2D eigenvalue weighted by atomic mass is 9.95. The molecule has 2 aliphatic rings. The smallest absolute Gasteiger partial charge is 0.200 e. The molecule has 0 saturated carbocycles. The highest BCUT2D eigenvalue weighted by Gasteiger charge is 2.30. The van der Waals surface area contributed by atoms with Gasteiger partial charge in [0.25, 0.3) is 0 Å². The van der Waals surface area contributed by atoms with Gasteiger partial charge in [-0.3, -0.25) is 0 Å². The van der Waals surface area contributed by atoms with Gasteiger partial charge in [0.15, 0.2) is 11.5 Å². The zero-order valence-electron chi connectivity index (χ0n) is 9.98. The van der Waals surface area contributed by atoms with Crippen molar-refractivity contribution in [2.45, 2.75) is 38.2 Å². The van der Waals surface area contributed by atoms with Crippen LogP contribution in [0.2, 0.25) is 0 Å². The average Bonchev–Trinajstić information content (AvgIpc) is 2.77. The van der Waals surface area contributed by atoms with Crippen molar-refractivity contribution >= 4 is 5.57 Å². The maximum atomic E-state index is 10.1. The van der Waals surface area contributed by atoms with E-state index in [1.165, 1.54) is 6.07 Å². The van der Waals surface area contributed by atoms with Crippen LogP contribution < -0.4 is 0 Å². The number of hydrogen-bond donors (Lipinski definition) is 4. The summed E-state index contributed by atoms with van der Waals surface area (Å²) in [5, 5.41) is 39.4. The van der Waals surface area contributed by atoms with E-state index < -0.39 is 11.9 Å². The van der Waals surface area contributed by atoms with Gasteiger partial charge in [-0.25, -0.2) is 0 Å². The molecule has 96 valence electrons. The Hall–Kier alpha value is -1.68. The summed E-state index contributed by atoms with van der Waals surface area (Å²) in [5.74, 6) is -1.03. The fourth-order valence-corrected chi connectivity index (χ4v) is 3.12. The van der Waals surface area contributed by atoms with Crippen molar-refractivity contribution in [1.29, 1.82) is 0 Å². The lowest BCUT2D eigenvalue weighted by Crippen LogP contribution is -2.08. The number of aliphatic hydroxyl groups is 1. The van der Waals surface area contributed by atoms with Crippen molar-refractivity contribution in [2.24, 2.45) is 0 Å². The van der Waals surface area contributed by atoms with E-state index >= 15 is 0 Å². The molecule has 0 spiro atoms. The summed E-state index contributed by atoms with van der Waals surface area (Å²) in [4.78, 5) is 0. The van der Waals surface area contributed by atoms with Crippen LogP contribution in [-0.4, -0.2) is 26.5 Å². The van der Waals surface area contributed by atoms with Crippen LogP contribution in [0, 0.1) is 0 Å². The zero-order valence-corrected chi connectivity index (χ0v) is 9.98. The summed E-state index contributed by atoms with van der Waals surface area (Å²) in [5.41, 5.74) is 3.35. The Morgan fingerprint density at radius 1 is 1.00 bits per heavy atom. The van der Waals surface area contributed by atoms with E-state index in [2.05, 4.69) is 0 Å². The number of benzene rings is 1. The lowest BCUT2D eigenvalue weighted by molar-refractivity contribution is 0.199. The second-order valence-electron chi connectivity index (χ2n) is 5.04. The largest absolute Gasteiger partial charge is 0.504 e. The van der Waals surface area contributed by atoms with Gasteiger partial charge in [0, 0.05) is 5.56 Å².